The van der Waals surface area contributed by atoms with E-state index in [1.807, 2.05) is 0 Å². The Labute approximate surface area is 231 Å². The van der Waals surface area contributed by atoms with Crippen LogP contribution >= 0.6 is 23.4 Å². The monoisotopic (exact) mass is 568 g/mol. The second-order valence-electron chi connectivity index (χ2n) is 8.00. The zero-order valence-corrected chi connectivity index (χ0v) is 22.3. The number of hydrogen-bond acceptors (Lipinski definition) is 9. The van der Waals surface area contributed by atoms with Crippen LogP contribution in [0.25, 0.3) is 17.4 Å². The highest BCUT2D eigenvalue weighted by atomic mass is 35.5. The van der Waals surface area contributed by atoms with Gasteiger partial charge in [-0.3, -0.25) is 19.3 Å². The molecule has 10 nitrogen and oxygen atoms in total. The minimum atomic E-state index is -0.649. The summed E-state index contributed by atoms with van der Waals surface area (Å²) in [5.74, 6) is -1.59. The Bertz CT molecular complexity index is 1500. The maximum absolute atomic E-state index is 12.8. The van der Waals surface area contributed by atoms with E-state index in [1.54, 1.807) is 43.3 Å². The summed E-state index contributed by atoms with van der Waals surface area (Å²) in [7, 11) is 1.30. The Morgan fingerprint density at radius 3 is 2.49 bits per heavy atom. The van der Waals surface area contributed by atoms with E-state index in [0.717, 1.165) is 4.90 Å². The molecule has 0 atom stereocenters. The van der Waals surface area contributed by atoms with E-state index in [2.05, 4.69) is 10.1 Å². The second-order valence-corrected chi connectivity index (χ2v) is 9.40. The van der Waals surface area contributed by atoms with Crippen molar-refractivity contribution in [1.82, 2.24) is 4.90 Å². The number of halogens is 1. The molecule has 1 aliphatic rings. The molecule has 2 heterocycles. The summed E-state index contributed by atoms with van der Waals surface area (Å²) in [6.07, 6.45) is 1.42. The average Bonchev–Trinajstić information content (AvgIpc) is 3.49. The van der Waals surface area contributed by atoms with Crippen LogP contribution in [0.1, 0.15) is 33.4 Å². The number of anilines is 1. The van der Waals surface area contributed by atoms with Crippen LogP contribution in [-0.2, 0) is 19.1 Å². The molecule has 4 rings (SSSR count). The zero-order valence-electron chi connectivity index (χ0n) is 20.7. The first-order valence-corrected chi connectivity index (χ1v) is 12.7. The van der Waals surface area contributed by atoms with Gasteiger partial charge in [-0.15, -0.1) is 0 Å². The third-order valence-corrected chi connectivity index (χ3v) is 6.65. The number of methoxy groups -OCH3 is 1. The van der Waals surface area contributed by atoms with Crippen molar-refractivity contribution in [3.63, 3.8) is 0 Å². The van der Waals surface area contributed by atoms with Crippen molar-refractivity contribution in [2.75, 3.05) is 25.6 Å². The highest BCUT2D eigenvalue weighted by Gasteiger charge is 2.36. The Balaban J connectivity index is 1.42. The maximum Gasteiger partial charge on any atom is 0.339 e. The van der Waals surface area contributed by atoms with E-state index in [9.17, 15) is 24.0 Å². The highest BCUT2D eigenvalue weighted by Crippen LogP contribution is 2.33. The summed E-state index contributed by atoms with van der Waals surface area (Å²) in [5, 5.41) is 2.09. The zero-order chi connectivity index (χ0) is 28.1. The fourth-order valence-corrected chi connectivity index (χ4v) is 4.56. The standard InChI is InChI=1S/C27H21ClN2O8S/c1-3-37-26(34)19-12-17(8-10-20(19)28)29-23(31)14-30-24(32)22(39-27(30)35)13-18-9-11-21(38-18)15-4-6-16(7-5-15)25(33)36-2/h4-13H,3,14H2,1-2H3,(H,29,31)/b22-13+. The normalized spacial score (nSPS) is 14.0. The second kappa shape index (κ2) is 12.0. The number of carbonyl (C=O) groups is 5. The van der Waals surface area contributed by atoms with Gasteiger partial charge in [0.25, 0.3) is 11.1 Å². The van der Waals surface area contributed by atoms with Gasteiger partial charge in [-0.05, 0) is 61.2 Å². The lowest BCUT2D eigenvalue weighted by Crippen LogP contribution is -2.36. The maximum atomic E-state index is 12.8. The summed E-state index contributed by atoms with van der Waals surface area (Å²) in [6, 6.07) is 14.2. The SMILES string of the molecule is CCOC(=O)c1cc(NC(=O)CN2C(=O)S/C(=C/c3ccc(-c4ccc(C(=O)OC)cc4)o3)C2=O)ccc1Cl. The van der Waals surface area contributed by atoms with Gasteiger partial charge in [0.1, 0.15) is 18.1 Å². The van der Waals surface area contributed by atoms with Crippen LogP contribution in [-0.4, -0.2) is 54.2 Å². The number of rotatable bonds is 8. The minimum Gasteiger partial charge on any atom is -0.465 e. The largest absolute Gasteiger partial charge is 0.465 e. The van der Waals surface area contributed by atoms with Crippen molar-refractivity contribution in [3.05, 3.63) is 81.4 Å². The van der Waals surface area contributed by atoms with Gasteiger partial charge in [0.2, 0.25) is 5.91 Å². The molecule has 1 fully saturated rings. The average molecular weight is 569 g/mol. The molecule has 1 aromatic heterocycles. The number of carbonyl (C=O) groups excluding carboxylic acids is 5. The Morgan fingerprint density at radius 2 is 1.79 bits per heavy atom. The Kier molecular flexibility index (Phi) is 8.52. The van der Waals surface area contributed by atoms with Gasteiger partial charge in [-0.2, -0.15) is 0 Å². The Morgan fingerprint density at radius 1 is 1.05 bits per heavy atom. The molecule has 0 radical (unpaired) electrons. The fraction of sp³-hybridized carbons (Fsp3) is 0.148. The van der Waals surface area contributed by atoms with Crippen LogP contribution in [0.2, 0.25) is 5.02 Å². The summed E-state index contributed by atoms with van der Waals surface area (Å²) in [6.45, 7) is 1.27. The third kappa shape index (κ3) is 6.39. The van der Waals surface area contributed by atoms with Gasteiger partial charge < -0.3 is 19.2 Å². The molecule has 1 N–H and O–H groups in total. The first-order chi connectivity index (χ1) is 18.7. The quantitative estimate of drug-likeness (QED) is 0.286. The van der Waals surface area contributed by atoms with Gasteiger partial charge in [0.15, 0.2) is 0 Å². The van der Waals surface area contributed by atoms with Crippen molar-refractivity contribution >= 4 is 64.1 Å². The number of amides is 3. The molecule has 3 amide bonds. The van der Waals surface area contributed by atoms with Crippen molar-refractivity contribution in [3.8, 4) is 11.3 Å². The number of nitrogens with zero attached hydrogens (tertiary/aromatic N) is 1. The van der Waals surface area contributed by atoms with E-state index < -0.39 is 35.5 Å². The fourth-order valence-electron chi connectivity index (χ4n) is 3.55. The number of nitrogens with one attached hydrogen (secondary N) is 1. The number of hydrogen-bond donors (Lipinski definition) is 1. The lowest BCUT2D eigenvalue weighted by Gasteiger charge is -2.13. The molecule has 3 aromatic rings. The lowest BCUT2D eigenvalue weighted by atomic mass is 10.1. The molecule has 2 aromatic carbocycles. The van der Waals surface area contributed by atoms with Crippen LogP contribution in [0.5, 0.6) is 0 Å². The van der Waals surface area contributed by atoms with Crippen LogP contribution in [0.4, 0.5) is 10.5 Å². The van der Waals surface area contributed by atoms with E-state index in [1.165, 1.54) is 31.4 Å². The first kappa shape index (κ1) is 27.7. The number of thioether (sulfide) groups is 1. The summed E-state index contributed by atoms with van der Waals surface area (Å²) >= 11 is 6.72. The number of furan rings is 1. The molecule has 0 spiro atoms. The first-order valence-electron chi connectivity index (χ1n) is 11.5. The molecule has 39 heavy (non-hydrogen) atoms. The van der Waals surface area contributed by atoms with Crippen LogP contribution in [0, 0.1) is 0 Å². The lowest BCUT2D eigenvalue weighted by molar-refractivity contribution is -0.127. The topological polar surface area (TPSA) is 132 Å². The number of ether oxygens (including phenoxy) is 2. The molecule has 0 saturated carbocycles. The molecule has 200 valence electrons. The van der Waals surface area contributed by atoms with E-state index in [-0.39, 0.29) is 27.8 Å². The molecule has 1 aliphatic heterocycles. The third-order valence-electron chi connectivity index (χ3n) is 5.41. The summed E-state index contributed by atoms with van der Waals surface area (Å²) in [5.41, 5.74) is 1.40. The molecule has 0 bridgehead atoms. The van der Waals surface area contributed by atoms with Crippen molar-refractivity contribution < 1.29 is 37.9 Å². The smallest absolute Gasteiger partial charge is 0.339 e. The molecule has 12 heteroatoms. The van der Waals surface area contributed by atoms with Crippen molar-refractivity contribution in [2.24, 2.45) is 0 Å². The predicted octanol–water partition coefficient (Wildman–Crippen LogP) is 5.24. The van der Waals surface area contributed by atoms with E-state index in [4.69, 9.17) is 20.8 Å². The number of imide groups is 1. The van der Waals surface area contributed by atoms with Gasteiger partial charge in [-0.25, -0.2) is 9.59 Å². The van der Waals surface area contributed by atoms with Gasteiger partial charge in [-0.1, -0.05) is 23.7 Å². The summed E-state index contributed by atoms with van der Waals surface area (Å²) < 4.78 is 15.4. The molecule has 1 saturated heterocycles. The Hall–Kier alpha value is -4.35. The number of benzene rings is 2. The van der Waals surface area contributed by atoms with E-state index in [0.29, 0.717) is 34.4 Å². The van der Waals surface area contributed by atoms with Crippen LogP contribution in [0.15, 0.2) is 63.9 Å². The molecule has 0 aliphatic carbocycles. The van der Waals surface area contributed by atoms with Crippen molar-refractivity contribution in [2.45, 2.75) is 6.92 Å². The van der Waals surface area contributed by atoms with Crippen LogP contribution in [0.3, 0.4) is 0 Å². The minimum absolute atomic E-state index is 0.0719. The molecular formula is C27H21ClN2O8S. The summed E-state index contributed by atoms with van der Waals surface area (Å²) in [4.78, 5) is 62.4. The predicted molar refractivity (Wildman–Crippen MR) is 144 cm³/mol. The number of esters is 2. The molecule has 0 unspecified atom stereocenters. The molecular weight excluding hydrogens is 548 g/mol. The van der Waals surface area contributed by atoms with E-state index >= 15 is 0 Å². The van der Waals surface area contributed by atoms with Crippen LogP contribution < -0.4 is 5.32 Å². The van der Waals surface area contributed by atoms with Crippen molar-refractivity contribution in [1.29, 1.82) is 0 Å². The van der Waals surface area contributed by atoms with Gasteiger partial charge in [0.05, 0.1) is 34.8 Å². The van der Waals surface area contributed by atoms with Gasteiger partial charge >= 0.3 is 11.9 Å². The highest BCUT2D eigenvalue weighted by molar-refractivity contribution is 8.18. The van der Waals surface area contributed by atoms with Gasteiger partial charge in [0, 0.05) is 17.3 Å².